The van der Waals surface area contributed by atoms with E-state index in [1.54, 1.807) is 0 Å². The zero-order chi connectivity index (χ0) is 25.0. The molecular weight excluding hydrogens is 464 g/mol. The number of rotatable bonds is 7. The van der Waals surface area contributed by atoms with E-state index in [2.05, 4.69) is 65.7 Å². The van der Waals surface area contributed by atoms with Crippen LogP contribution in [-0.2, 0) is 9.47 Å². The molecule has 3 fully saturated rings. The highest BCUT2D eigenvalue weighted by Gasteiger charge is 2.27. The van der Waals surface area contributed by atoms with Gasteiger partial charge in [-0.05, 0) is 49.3 Å². The molecule has 1 aromatic heterocycles. The molecule has 1 saturated carbocycles. The van der Waals surface area contributed by atoms with Crippen LogP contribution >= 0.6 is 0 Å². The Morgan fingerprint density at radius 3 is 2.24 bits per heavy atom. The molecule has 0 atom stereocenters. The van der Waals surface area contributed by atoms with E-state index in [-0.39, 0.29) is 6.10 Å². The van der Waals surface area contributed by atoms with Crippen molar-refractivity contribution < 1.29 is 14.2 Å². The summed E-state index contributed by atoms with van der Waals surface area (Å²) in [5, 5.41) is 3.64. The van der Waals surface area contributed by atoms with Crippen LogP contribution in [0.15, 0.2) is 54.6 Å². The van der Waals surface area contributed by atoms with E-state index in [0.29, 0.717) is 31.1 Å². The molecule has 7 heteroatoms. The Labute approximate surface area is 219 Å². The molecule has 0 bridgehead atoms. The predicted octanol–water partition coefficient (Wildman–Crippen LogP) is 5.42. The largest absolute Gasteiger partial charge is 0.469 e. The van der Waals surface area contributed by atoms with Crippen LogP contribution < -0.4 is 15.0 Å². The summed E-state index contributed by atoms with van der Waals surface area (Å²) in [6, 6.07) is 19.4. The Kier molecular flexibility index (Phi) is 7.24. The van der Waals surface area contributed by atoms with Gasteiger partial charge in [0.15, 0.2) is 0 Å². The standard InChI is InChI=1S/C30H36N4O3/c1-21-7-11-24(12-8-21)31-30-32-28(23-5-3-2-4-6-23)27(29(33-30)37-26-19-36-20-26)22-9-13-25(14-10-22)34-15-17-35-18-16-34/h2-6,9-10,13-14,21,24,26H,7-8,11-12,15-20H2,1H3,(H,31,32,33)/t21-,24+. The molecule has 0 amide bonds. The molecule has 2 saturated heterocycles. The number of hydrogen-bond donors (Lipinski definition) is 1. The Balaban J connectivity index is 1.39. The molecule has 3 aromatic rings. The lowest BCUT2D eigenvalue weighted by molar-refractivity contribution is -0.0810. The highest BCUT2D eigenvalue weighted by atomic mass is 16.6. The summed E-state index contributed by atoms with van der Waals surface area (Å²) in [5.74, 6) is 2.05. The zero-order valence-electron chi connectivity index (χ0n) is 21.6. The van der Waals surface area contributed by atoms with Crippen molar-refractivity contribution in [3.05, 3.63) is 54.6 Å². The van der Waals surface area contributed by atoms with Gasteiger partial charge in [-0.3, -0.25) is 0 Å². The number of morpholine rings is 1. The van der Waals surface area contributed by atoms with Crippen LogP contribution in [0.4, 0.5) is 11.6 Å². The molecule has 0 unspecified atom stereocenters. The molecule has 3 heterocycles. The normalized spacial score (nSPS) is 22.4. The van der Waals surface area contributed by atoms with Gasteiger partial charge in [0.2, 0.25) is 11.8 Å². The van der Waals surface area contributed by atoms with E-state index in [4.69, 9.17) is 24.2 Å². The smallest absolute Gasteiger partial charge is 0.227 e. The van der Waals surface area contributed by atoms with Crippen LogP contribution in [0.25, 0.3) is 22.4 Å². The second-order valence-electron chi connectivity index (χ2n) is 10.5. The summed E-state index contributed by atoms with van der Waals surface area (Å²) >= 11 is 0. The second kappa shape index (κ2) is 11.1. The molecule has 2 aliphatic heterocycles. The van der Waals surface area contributed by atoms with Crippen LogP contribution in [0.5, 0.6) is 5.88 Å². The SMILES string of the molecule is C[C@H]1CC[C@@H](Nc2nc(OC3COC3)c(-c3ccc(N4CCOCC4)cc3)c(-c3ccccc3)n2)CC1. The monoisotopic (exact) mass is 500 g/mol. The van der Waals surface area contributed by atoms with Crippen LogP contribution in [0.2, 0.25) is 0 Å². The Morgan fingerprint density at radius 1 is 0.838 bits per heavy atom. The number of nitrogens with one attached hydrogen (secondary N) is 1. The predicted molar refractivity (Wildman–Crippen MR) is 146 cm³/mol. The highest BCUT2D eigenvalue weighted by molar-refractivity contribution is 5.85. The van der Waals surface area contributed by atoms with Gasteiger partial charge < -0.3 is 24.4 Å². The molecule has 0 radical (unpaired) electrons. The molecule has 1 aliphatic carbocycles. The first kappa shape index (κ1) is 24.2. The molecule has 7 nitrogen and oxygen atoms in total. The number of nitrogens with zero attached hydrogens (tertiary/aromatic N) is 3. The molecule has 2 aromatic carbocycles. The van der Waals surface area contributed by atoms with Crippen LogP contribution in [0, 0.1) is 5.92 Å². The van der Waals surface area contributed by atoms with Gasteiger partial charge in [-0.1, -0.05) is 49.4 Å². The Morgan fingerprint density at radius 2 is 1.57 bits per heavy atom. The lowest BCUT2D eigenvalue weighted by Crippen LogP contribution is -2.39. The van der Waals surface area contributed by atoms with Gasteiger partial charge in [-0.25, -0.2) is 4.98 Å². The first-order valence-electron chi connectivity index (χ1n) is 13.6. The van der Waals surface area contributed by atoms with Crippen molar-refractivity contribution in [2.75, 3.05) is 49.7 Å². The number of ether oxygens (including phenoxy) is 3. The van der Waals surface area contributed by atoms with Crippen molar-refractivity contribution in [2.45, 2.75) is 44.8 Å². The third-order valence-electron chi connectivity index (χ3n) is 7.69. The van der Waals surface area contributed by atoms with E-state index >= 15 is 0 Å². The van der Waals surface area contributed by atoms with E-state index < -0.39 is 0 Å². The summed E-state index contributed by atoms with van der Waals surface area (Å²) in [6.07, 6.45) is 4.76. The quantitative estimate of drug-likeness (QED) is 0.465. The Hall–Kier alpha value is -3.16. The van der Waals surface area contributed by atoms with Crippen molar-refractivity contribution >= 4 is 11.6 Å². The minimum absolute atomic E-state index is 0.00766. The van der Waals surface area contributed by atoms with E-state index in [9.17, 15) is 0 Å². The summed E-state index contributed by atoms with van der Waals surface area (Å²) in [6.45, 7) is 6.87. The fourth-order valence-electron chi connectivity index (χ4n) is 5.34. The maximum atomic E-state index is 6.45. The molecular formula is C30H36N4O3. The van der Waals surface area contributed by atoms with E-state index in [0.717, 1.165) is 67.4 Å². The van der Waals surface area contributed by atoms with Crippen molar-refractivity contribution in [2.24, 2.45) is 5.92 Å². The molecule has 37 heavy (non-hydrogen) atoms. The number of hydrogen-bond acceptors (Lipinski definition) is 7. The maximum absolute atomic E-state index is 6.45. The average Bonchev–Trinajstić information content (AvgIpc) is 2.93. The van der Waals surface area contributed by atoms with Crippen LogP contribution in [0.1, 0.15) is 32.6 Å². The van der Waals surface area contributed by atoms with Crippen molar-refractivity contribution in [1.29, 1.82) is 0 Å². The average molecular weight is 501 g/mol. The molecule has 0 spiro atoms. The number of aromatic nitrogens is 2. The minimum atomic E-state index is 0.00766. The summed E-state index contributed by atoms with van der Waals surface area (Å²) < 4.78 is 17.4. The fraction of sp³-hybridized carbons (Fsp3) is 0.467. The van der Waals surface area contributed by atoms with Gasteiger partial charge in [0.05, 0.1) is 37.7 Å². The first-order chi connectivity index (χ1) is 18.2. The van der Waals surface area contributed by atoms with Crippen LogP contribution in [-0.4, -0.2) is 61.6 Å². The van der Waals surface area contributed by atoms with Gasteiger partial charge in [0.1, 0.15) is 6.10 Å². The molecule has 1 N–H and O–H groups in total. The van der Waals surface area contributed by atoms with Gasteiger partial charge in [0.25, 0.3) is 0 Å². The van der Waals surface area contributed by atoms with Crippen molar-refractivity contribution in [1.82, 2.24) is 9.97 Å². The number of anilines is 2. The summed E-state index contributed by atoms with van der Waals surface area (Å²) in [5.41, 5.74) is 5.11. The van der Waals surface area contributed by atoms with E-state index in [1.807, 2.05) is 6.07 Å². The third-order valence-corrected chi connectivity index (χ3v) is 7.69. The van der Waals surface area contributed by atoms with Gasteiger partial charge in [-0.2, -0.15) is 4.98 Å². The lowest BCUT2D eigenvalue weighted by Gasteiger charge is -2.30. The molecule has 3 aliphatic rings. The highest BCUT2D eigenvalue weighted by Crippen LogP contribution is 2.40. The van der Waals surface area contributed by atoms with Gasteiger partial charge in [-0.15, -0.1) is 0 Å². The van der Waals surface area contributed by atoms with Gasteiger partial charge in [0, 0.05) is 30.4 Å². The van der Waals surface area contributed by atoms with E-state index in [1.165, 1.54) is 18.5 Å². The Bertz CT molecular complexity index is 1170. The maximum Gasteiger partial charge on any atom is 0.227 e. The summed E-state index contributed by atoms with van der Waals surface area (Å²) in [7, 11) is 0. The zero-order valence-corrected chi connectivity index (χ0v) is 21.6. The fourth-order valence-corrected chi connectivity index (χ4v) is 5.34. The molecule has 194 valence electrons. The topological polar surface area (TPSA) is 68.7 Å². The van der Waals surface area contributed by atoms with Crippen molar-refractivity contribution in [3.63, 3.8) is 0 Å². The van der Waals surface area contributed by atoms with Gasteiger partial charge >= 0.3 is 0 Å². The second-order valence-corrected chi connectivity index (χ2v) is 10.5. The molecule has 6 rings (SSSR count). The lowest BCUT2D eigenvalue weighted by atomic mass is 9.87. The van der Waals surface area contributed by atoms with Crippen molar-refractivity contribution in [3.8, 4) is 28.3 Å². The summed E-state index contributed by atoms with van der Waals surface area (Å²) in [4.78, 5) is 12.4. The number of benzene rings is 2. The van der Waals surface area contributed by atoms with Crippen LogP contribution in [0.3, 0.4) is 0 Å². The third kappa shape index (κ3) is 5.58. The minimum Gasteiger partial charge on any atom is -0.469 e. The first-order valence-corrected chi connectivity index (χ1v) is 13.6.